The highest BCUT2D eigenvalue weighted by molar-refractivity contribution is 7.13. The summed E-state index contributed by atoms with van der Waals surface area (Å²) in [5.74, 6) is 0.587. The van der Waals surface area contributed by atoms with Crippen molar-refractivity contribution in [2.24, 2.45) is 0 Å². The molecule has 0 fully saturated rings. The van der Waals surface area contributed by atoms with Gasteiger partial charge in [0, 0.05) is 36.2 Å². The molecule has 1 aromatic carbocycles. The van der Waals surface area contributed by atoms with Gasteiger partial charge in [-0.15, -0.1) is 22.9 Å². The van der Waals surface area contributed by atoms with Crippen LogP contribution in [-0.2, 0) is 11.2 Å². The number of hydrogen-bond donors (Lipinski definition) is 1. The van der Waals surface area contributed by atoms with Crippen LogP contribution in [0, 0.1) is 0 Å². The fraction of sp³-hybridized carbons (Fsp3) is 0.333. The zero-order chi connectivity index (χ0) is 14.2. The van der Waals surface area contributed by atoms with Crippen LogP contribution in [0.15, 0.2) is 35.7 Å². The maximum atomic E-state index is 11.4. The molecule has 1 N–H and O–H groups in total. The Bertz CT molecular complexity index is 542. The Labute approximate surface area is 128 Å². The van der Waals surface area contributed by atoms with Gasteiger partial charge in [0.05, 0.1) is 5.69 Å². The quantitative estimate of drug-likeness (QED) is 0.796. The number of carbonyl (C=O) groups is 1. The van der Waals surface area contributed by atoms with Gasteiger partial charge in [-0.3, -0.25) is 4.79 Å². The van der Waals surface area contributed by atoms with Gasteiger partial charge in [0.25, 0.3) is 0 Å². The lowest BCUT2D eigenvalue weighted by atomic mass is 10.2. The summed E-state index contributed by atoms with van der Waals surface area (Å²) in [6, 6.07) is 10.1. The summed E-state index contributed by atoms with van der Waals surface area (Å²) in [5, 5.41) is 5.95. The molecule has 0 aliphatic carbocycles. The third kappa shape index (κ3) is 4.62. The Morgan fingerprint density at radius 3 is 2.85 bits per heavy atom. The summed E-state index contributed by atoms with van der Waals surface area (Å²) in [6.07, 6.45) is 1.98. The van der Waals surface area contributed by atoms with E-state index in [0.717, 1.165) is 29.1 Å². The van der Waals surface area contributed by atoms with Crippen molar-refractivity contribution < 1.29 is 4.79 Å². The molecule has 0 aliphatic heterocycles. The molecular weight excluding hydrogens is 292 g/mol. The summed E-state index contributed by atoms with van der Waals surface area (Å²) >= 11 is 7.18. The van der Waals surface area contributed by atoms with Crippen LogP contribution < -0.4 is 5.32 Å². The van der Waals surface area contributed by atoms with Crippen LogP contribution in [0.25, 0.3) is 10.6 Å². The number of carbonyl (C=O) groups excluding carboxylic acids is 1. The first-order valence-electron chi connectivity index (χ1n) is 6.62. The second kappa shape index (κ2) is 8.02. The Kier molecular flexibility index (Phi) is 6.02. The van der Waals surface area contributed by atoms with Gasteiger partial charge in [-0.25, -0.2) is 4.98 Å². The molecule has 1 amide bonds. The number of halogens is 1. The lowest BCUT2D eigenvalue weighted by Crippen LogP contribution is -2.25. The third-order valence-electron chi connectivity index (χ3n) is 2.81. The van der Waals surface area contributed by atoms with Crippen molar-refractivity contribution in [2.45, 2.75) is 19.3 Å². The van der Waals surface area contributed by atoms with E-state index in [2.05, 4.69) is 22.4 Å². The molecule has 0 unspecified atom stereocenters. The van der Waals surface area contributed by atoms with Crippen molar-refractivity contribution in [1.29, 1.82) is 0 Å². The number of hydrogen-bond acceptors (Lipinski definition) is 3. The van der Waals surface area contributed by atoms with Crippen molar-refractivity contribution in [2.75, 3.05) is 12.4 Å². The maximum absolute atomic E-state index is 11.4. The van der Waals surface area contributed by atoms with Gasteiger partial charge in [-0.1, -0.05) is 30.3 Å². The van der Waals surface area contributed by atoms with Gasteiger partial charge in [0.2, 0.25) is 5.91 Å². The standard InChI is InChI=1S/C15H17ClN2OS/c16-9-4-7-14(19)17-10-8-13-11-20-15(18-13)12-5-2-1-3-6-12/h1-3,5-6,11H,4,7-10H2,(H,17,19). The topological polar surface area (TPSA) is 42.0 Å². The Morgan fingerprint density at radius 2 is 2.10 bits per heavy atom. The largest absolute Gasteiger partial charge is 0.356 e. The van der Waals surface area contributed by atoms with E-state index >= 15 is 0 Å². The summed E-state index contributed by atoms with van der Waals surface area (Å²) in [7, 11) is 0. The smallest absolute Gasteiger partial charge is 0.220 e. The number of benzene rings is 1. The summed E-state index contributed by atoms with van der Waals surface area (Å²) in [4.78, 5) is 16.0. The minimum atomic E-state index is 0.0594. The second-order valence-corrected chi connectivity index (χ2v) is 5.64. The van der Waals surface area contributed by atoms with Gasteiger partial charge in [-0.2, -0.15) is 0 Å². The molecule has 5 heteroatoms. The highest BCUT2D eigenvalue weighted by atomic mass is 35.5. The predicted molar refractivity (Wildman–Crippen MR) is 84.2 cm³/mol. The second-order valence-electron chi connectivity index (χ2n) is 4.40. The molecule has 106 valence electrons. The lowest BCUT2D eigenvalue weighted by Gasteiger charge is -2.02. The highest BCUT2D eigenvalue weighted by Gasteiger charge is 2.05. The minimum absolute atomic E-state index is 0.0594. The molecule has 0 saturated heterocycles. The zero-order valence-electron chi connectivity index (χ0n) is 11.1. The van der Waals surface area contributed by atoms with E-state index in [4.69, 9.17) is 11.6 Å². The van der Waals surface area contributed by atoms with Gasteiger partial charge in [-0.05, 0) is 6.42 Å². The molecule has 2 aromatic rings. The minimum Gasteiger partial charge on any atom is -0.356 e. The summed E-state index contributed by atoms with van der Waals surface area (Å²) in [6.45, 7) is 0.624. The molecule has 3 nitrogen and oxygen atoms in total. The monoisotopic (exact) mass is 308 g/mol. The maximum Gasteiger partial charge on any atom is 0.220 e. The van der Waals surface area contributed by atoms with E-state index in [9.17, 15) is 4.79 Å². The van der Waals surface area contributed by atoms with E-state index in [0.29, 0.717) is 18.8 Å². The number of thiazole rings is 1. The molecular formula is C15H17ClN2OS. The predicted octanol–water partition coefficient (Wildman–Crippen LogP) is 3.49. The van der Waals surface area contributed by atoms with Crippen LogP contribution >= 0.6 is 22.9 Å². The SMILES string of the molecule is O=C(CCCCl)NCCc1csc(-c2ccccc2)n1. The highest BCUT2D eigenvalue weighted by Crippen LogP contribution is 2.23. The molecule has 0 bridgehead atoms. The Hall–Kier alpha value is -1.39. The Balaban J connectivity index is 1.80. The van der Waals surface area contributed by atoms with Crippen LogP contribution in [0.4, 0.5) is 0 Å². The number of nitrogens with zero attached hydrogens (tertiary/aromatic N) is 1. The van der Waals surface area contributed by atoms with Crippen LogP contribution in [0.1, 0.15) is 18.5 Å². The number of aromatic nitrogens is 1. The van der Waals surface area contributed by atoms with Crippen LogP contribution in [0.3, 0.4) is 0 Å². The molecule has 1 heterocycles. The van der Waals surface area contributed by atoms with Gasteiger partial charge in [0.1, 0.15) is 5.01 Å². The molecule has 20 heavy (non-hydrogen) atoms. The molecule has 0 saturated carbocycles. The van der Waals surface area contributed by atoms with Crippen molar-refractivity contribution in [3.8, 4) is 10.6 Å². The number of alkyl halides is 1. The lowest BCUT2D eigenvalue weighted by molar-refractivity contribution is -0.121. The third-order valence-corrected chi connectivity index (χ3v) is 4.02. The summed E-state index contributed by atoms with van der Waals surface area (Å²) in [5.41, 5.74) is 2.15. The van der Waals surface area contributed by atoms with E-state index in [1.807, 2.05) is 23.6 Å². The fourth-order valence-corrected chi connectivity index (χ4v) is 2.77. The fourth-order valence-electron chi connectivity index (χ4n) is 1.78. The van der Waals surface area contributed by atoms with Gasteiger partial charge < -0.3 is 5.32 Å². The van der Waals surface area contributed by atoms with Crippen molar-refractivity contribution in [1.82, 2.24) is 10.3 Å². The number of rotatable bonds is 7. The first-order valence-corrected chi connectivity index (χ1v) is 8.03. The first kappa shape index (κ1) is 15.0. The first-order chi connectivity index (χ1) is 9.79. The number of nitrogens with one attached hydrogen (secondary N) is 1. The molecule has 2 rings (SSSR count). The normalized spacial score (nSPS) is 10.4. The average Bonchev–Trinajstić information content (AvgIpc) is 2.95. The van der Waals surface area contributed by atoms with E-state index in [1.54, 1.807) is 11.3 Å². The van der Waals surface area contributed by atoms with Crippen LogP contribution in [0.5, 0.6) is 0 Å². The van der Waals surface area contributed by atoms with E-state index < -0.39 is 0 Å². The molecule has 1 aromatic heterocycles. The number of amides is 1. The van der Waals surface area contributed by atoms with Crippen LogP contribution in [-0.4, -0.2) is 23.3 Å². The molecule has 0 atom stereocenters. The van der Waals surface area contributed by atoms with Crippen LogP contribution in [0.2, 0.25) is 0 Å². The van der Waals surface area contributed by atoms with Gasteiger partial charge >= 0.3 is 0 Å². The van der Waals surface area contributed by atoms with E-state index in [1.165, 1.54) is 0 Å². The van der Waals surface area contributed by atoms with E-state index in [-0.39, 0.29) is 5.91 Å². The van der Waals surface area contributed by atoms with Crippen molar-refractivity contribution >= 4 is 28.8 Å². The van der Waals surface area contributed by atoms with Crippen molar-refractivity contribution in [3.05, 3.63) is 41.4 Å². The Morgan fingerprint density at radius 1 is 1.30 bits per heavy atom. The zero-order valence-corrected chi connectivity index (χ0v) is 12.7. The van der Waals surface area contributed by atoms with Crippen molar-refractivity contribution in [3.63, 3.8) is 0 Å². The molecule has 0 spiro atoms. The molecule has 0 aliphatic rings. The van der Waals surface area contributed by atoms with Gasteiger partial charge in [0.15, 0.2) is 0 Å². The summed E-state index contributed by atoms with van der Waals surface area (Å²) < 4.78 is 0. The average molecular weight is 309 g/mol. The molecule has 0 radical (unpaired) electrons.